The lowest BCUT2D eigenvalue weighted by Crippen LogP contribution is -2.36. The van der Waals surface area contributed by atoms with Crippen LogP contribution in [0.1, 0.15) is 29.8 Å². The van der Waals surface area contributed by atoms with Gasteiger partial charge in [-0.25, -0.2) is 9.78 Å². The van der Waals surface area contributed by atoms with Crippen molar-refractivity contribution in [3.05, 3.63) is 47.4 Å². The molecule has 22 heavy (non-hydrogen) atoms. The van der Waals surface area contributed by atoms with Crippen LogP contribution in [0.25, 0.3) is 0 Å². The maximum Gasteiger partial charge on any atom is 0.318 e. The van der Waals surface area contributed by atoms with E-state index in [9.17, 15) is 4.79 Å². The van der Waals surface area contributed by atoms with E-state index >= 15 is 0 Å². The van der Waals surface area contributed by atoms with E-state index in [2.05, 4.69) is 15.3 Å². The Bertz CT molecular complexity index is 618. The van der Waals surface area contributed by atoms with Crippen LogP contribution in [-0.2, 0) is 31.0 Å². The van der Waals surface area contributed by atoms with E-state index in [1.54, 1.807) is 17.3 Å². The number of carbonyl (C=O) groups is 1. The van der Waals surface area contributed by atoms with Crippen molar-refractivity contribution in [2.45, 2.75) is 33.2 Å². The Morgan fingerprint density at radius 1 is 1.50 bits per heavy atom. The number of ether oxygens (including phenoxy) is 1. The van der Waals surface area contributed by atoms with Crippen molar-refractivity contribution < 1.29 is 13.9 Å². The molecular formula is C15H18N4O3. The highest BCUT2D eigenvalue weighted by Gasteiger charge is 2.28. The van der Waals surface area contributed by atoms with Crippen molar-refractivity contribution in [2.75, 3.05) is 6.61 Å². The van der Waals surface area contributed by atoms with Crippen molar-refractivity contribution in [3.63, 3.8) is 0 Å². The van der Waals surface area contributed by atoms with Gasteiger partial charge in [-0.15, -0.1) is 0 Å². The summed E-state index contributed by atoms with van der Waals surface area (Å²) in [5.74, 6) is 1.31. The zero-order chi connectivity index (χ0) is 15.4. The van der Waals surface area contributed by atoms with Gasteiger partial charge in [0.2, 0.25) is 5.89 Å². The highest BCUT2D eigenvalue weighted by molar-refractivity contribution is 5.74. The summed E-state index contributed by atoms with van der Waals surface area (Å²) >= 11 is 0. The molecule has 0 spiro atoms. The lowest BCUT2D eigenvalue weighted by Gasteiger charge is -2.16. The Hall–Kier alpha value is -2.41. The molecule has 3 heterocycles. The van der Waals surface area contributed by atoms with Gasteiger partial charge in [-0.05, 0) is 18.6 Å². The zero-order valence-corrected chi connectivity index (χ0v) is 12.4. The van der Waals surface area contributed by atoms with Crippen LogP contribution < -0.4 is 5.32 Å². The third-order valence-electron chi connectivity index (χ3n) is 3.38. The van der Waals surface area contributed by atoms with Crippen molar-refractivity contribution in [1.82, 2.24) is 20.2 Å². The molecule has 2 aromatic heterocycles. The summed E-state index contributed by atoms with van der Waals surface area (Å²) in [4.78, 5) is 22.2. The predicted octanol–water partition coefficient (Wildman–Crippen LogP) is 1.83. The fourth-order valence-corrected chi connectivity index (χ4v) is 2.28. The lowest BCUT2D eigenvalue weighted by atomic mass is 10.3. The van der Waals surface area contributed by atoms with E-state index in [0.29, 0.717) is 38.7 Å². The van der Waals surface area contributed by atoms with Crippen molar-refractivity contribution in [2.24, 2.45) is 0 Å². The number of nitrogens with zero attached hydrogens (tertiary/aromatic N) is 3. The van der Waals surface area contributed by atoms with Crippen LogP contribution in [0.4, 0.5) is 4.79 Å². The minimum Gasteiger partial charge on any atom is -0.441 e. The molecular weight excluding hydrogens is 284 g/mol. The van der Waals surface area contributed by atoms with E-state index in [1.165, 1.54) is 0 Å². The van der Waals surface area contributed by atoms with Crippen LogP contribution >= 0.6 is 0 Å². The number of carbonyl (C=O) groups excluding carboxylic acids is 1. The first-order valence-corrected chi connectivity index (χ1v) is 7.23. The van der Waals surface area contributed by atoms with Crippen LogP contribution in [0.3, 0.4) is 0 Å². The fraction of sp³-hybridized carbons (Fsp3) is 0.400. The Kier molecular flexibility index (Phi) is 4.34. The third-order valence-corrected chi connectivity index (χ3v) is 3.38. The smallest absolute Gasteiger partial charge is 0.318 e. The zero-order valence-electron chi connectivity index (χ0n) is 12.4. The minimum absolute atomic E-state index is 0.136. The molecule has 1 aliphatic rings. The largest absolute Gasteiger partial charge is 0.441 e. The fourth-order valence-electron chi connectivity index (χ4n) is 2.28. The molecule has 7 nitrogen and oxygen atoms in total. The first kappa shape index (κ1) is 14.5. The van der Waals surface area contributed by atoms with Crippen molar-refractivity contribution in [3.8, 4) is 0 Å². The number of urea groups is 1. The molecule has 0 radical (unpaired) electrons. The predicted molar refractivity (Wildman–Crippen MR) is 77.6 cm³/mol. The molecule has 1 N–H and O–H groups in total. The van der Waals surface area contributed by atoms with Gasteiger partial charge in [0.05, 0.1) is 13.1 Å². The molecule has 116 valence electrons. The standard InChI is InChI=1S/C15H18N4O3/c1-2-21-10-14-18-12-8-19(9-13(12)22-14)15(20)17-7-11-4-3-5-16-6-11/h3-6H,2,7-10H2,1H3,(H,17,20). The maximum atomic E-state index is 12.1. The van der Waals surface area contributed by atoms with Crippen LogP contribution in [0.2, 0.25) is 0 Å². The van der Waals surface area contributed by atoms with Gasteiger partial charge in [-0.3, -0.25) is 4.98 Å². The molecule has 0 atom stereocenters. The number of nitrogens with one attached hydrogen (secondary N) is 1. The van der Waals surface area contributed by atoms with Gasteiger partial charge in [-0.1, -0.05) is 6.07 Å². The lowest BCUT2D eigenvalue weighted by molar-refractivity contribution is 0.112. The quantitative estimate of drug-likeness (QED) is 0.911. The molecule has 0 bridgehead atoms. The summed E-state index contributed by atoms with van der Waals surface area (Å²) in [6.07, 6.45) is 3.44. The van der Waals surface area contributed by atoms with Crippen LogP contribution in [0, 0.1) is 0 Å². The van der Waals surface area contributed by atoms with Gasteiger partial charge < -0.3 is 19.4 Å². The van der Waals surface area contributed by atoms with Crippen molar-refractivity contribution >= 4 is 6.03 Å². The molecule has 0 fully saturated rings. The number of pyridine rings is 1. The van der Waals surface area contributed by atoms with E-state index in [0.717, 1.165) is 17.0 Å². The molecule has 0 aromatic carbocycles. The summed E-state index contributed by atoms with van der Waals surface area (Å²) < 4.78 is 10.9. The van der Waals surface area contributed by atoms with E-state index in [4.69, 9.17) is 9.15 Å². The summed E-state index contributed by atoms with van der Waals surface area (Å²) in [6.45, 7) is 4.27. The number of hydrogen-bond acceptors (Lipinski definition) is 5. The average molecular weight is 302 g/mol. The normalized spacial score (nSPS) is 13.2. The number of fused-ring (bicyclic) bond motifs is 1. The second kappa shape index (κ2) is 6.57. The molecule has 7 heteroatoms. The second-order valence-corrected chi connectivity index (χ2v) is 4.99. The van der Waals surface area contributed by atoms with E-state index in [1.807, 2.05) is 19.1 Å². The molecule has 0 unspecified atom stereocenters. The SMILES string of the molecule is CCOCc1nc2c(o1)CN(C(=O)NCc1cccnc1)C2. The van der Waals surface area contributed by atoms with Gasteiger partial charge in [-0.2, -0.15) is 0 Å². The molecule has 2 amide bonds. The van der Waals surface area contributed by atoms with Gasteiger partial charge in [0.25, 0.3) is 0 Å². The average Bonchev–Trinajstić information content (AvgIpc) is 3.10. The van der Waals surface area contributed by atoms with E-state index in [-0.39, 0.29) is 6.03 Å². The minimum atomic E-state index is -0.136. The van der Waals surface area contributed by atoms with Gasteiger partial charge >= 0.3 is 6.03 Å². The Morgan fingerprint density at radius 2 is 2.41 bits per heavy atom. The summed E-state index contributed by atoms with van der Waals surface area (Å²) in [6, 6.07) is 3.63. The number of aromatic nitrogens is 2. The monoisotopic (exact) mass is 302 g/mol. The highest BCUT2D eigenvalue weighted by atomic mass is 16.5. The van der Waals surface area contributed by atoms with Crippen LogP contribution in [0.5, 0.6) is 0 Å². The van der Waals surface area contributed by atoms with E-state index < -0.39 is 0 Å². The van der Waals surface area contributed by atoms with Gasteiger partial charge in [0.15, 0.2) is 0 Å². The molecule has 0 saturated carbocycles. The number of oxazole rings is 1. The molecule has 0 aliphatic carbocycles. The van der Waals surface area contributed by atoms with Crippen LogP contribution in [-0.4, -0.2) is 27.5 Å². The molecule has 3 rings (SSSR count). The highest BCUT2D eigenvalue weighted by Crippen LogP contribution is 2.23. The topological polar surface area (TPSA) is 80.5 Å². The molecule has 0 saturated heterocycles. The Balaban J connectivity index is 1.52. The number of rotatable bonds is 5. The third kappa shape index (κ3) is 3.25. The Morgan fingerprint density at radius 3 is 3.14 bits per heavy atom. The van der Waals surface area contributed by atoms with Gasteiger partial charge in [0.1, 0.15) is 18.1 Å². The summed E-state index contributed by atoms with van der Waals surface area (Å²) in [5, 5.41) is 2.87. The maximum absolute atomic E-state index is 12.1. The summed E-state index contributed by atoms with van der Waals surface area (Å²) in [7, 11) is 0. The van der Waals surface area contributed by atoms with Gasteiger partial charge in [0, 0.05) is 25.5 Å². The number of amides is 2. The van der Waals surface area contributed by atoms with Crippen LogP contribution in [0.15, 0.2) is 28.9 Å². The molecule has 1 aliphatic heterocycles. The molecule has 2 aromatic rings. The first-order chi connectivity index (χ1) is 10.8. The summed E-state index contributed by atoms with van der Waals surface area (Å²) in [5.41, 5.74) is 1.77. The number of hydrogen-bond donors (Lipinski definition) is 1. The first-order valence-electron chi connectivity index (χ1n) is 7.23. The van der Waals surface area contributed by atoms with Crippen molar-refractivity contribution in [1.29, 1.82) is 0 Å². The Labute approximate surface area is 128 Å². The second-order valence-electron chi connectivity index (χ2n) is 4.99.